The van der Waals surface area contributed by atoms with Crippen LogP contribution < -0.4 is 5.32 Å². The van der Waals surface area contributed by atoms with E-state index >= 15 is 0 Å². The number of carbonyl (C=O) groups is 1. The first kappa shape index (κ1) is 17.7. The number of benzene rings is 2. The zero-order valence-corrected chi connectivity index (χ0v) is 13.9. The fraction of sp³-hybridized carbons (Fsp3) is 0.158. The predicted octanol–water partition coefficient (Wildman–Crippen LogP) is 4.51. The third-order valence-corrected chi connectivity index (χ3v) is 3.82. The minimum atomic E-state index is -4.43. The van der Waals surface area contributed by atoms with E-state index in [4.69, 9.17) is 0 Å². The molecule has 0 bridgehead atoms. The van der Waals surface area contributed by atoms with E-state index in [2.05, 4.69) is 10.4 Å². The fourth-order valence-electron chi connectivity index (χ4n) is 2.56. The monoisotopic (exact) mass is 359 g/mol. The van der Waals surface area contributed by atoms with E-state index in [9.17, 15) is 18.0 Å². The van der Waals surface area contributed by atoms with Gasteiger partial charge in [-0.3, -0.25) is 9.48 Å². The number of anilines is 1. The molecule has 26 heavy (non-hydrogen) atoms. The first-order chi connectivity index (χ1) is 12.3. The molecular weight excluding hydrogens is 343 g/mol. The zero-order chi connectivity index (χ0) is 18.7. The van der Waals surface area contributed by atoms with Gasteiger partial charge in [0, 0.05) is 17.8 Å². The van der Waals surface area contributed by atoms with Crippen molar-refractivity contribution >= 4 is 11.7 Å². The van der Waals surface area contributed by atoms with Crippen LogP contribution in [0.3, 0.4) is 0 Å². The summed E-state index contributed by atoms with van der Waals surface area (Å²) in [5, 5.41) is 6.76. The van der Waals surface area contributed by atoms with Crippen molar-refractivity contribution in [2.24, 2.45) is 0 Å². The van der Waals surface area contributed by atoms with E-state index in [0.717, 1.165) is 6.07 Å². The number of hydrogen-bond donors (Lipinski definition) is 1. The Labute approximate surface area is 148 Å². The molecule has 1 N–H and O–H groups in total. The first-order valence-corrected chi connectivity index (χ1v) is 7.89. The van der Waals surface area contributed by atoms with Gasteiger partial charge < -0.3 is 5.32 Å². The molecule has 4 nitrogen and oxygen atoms in total. The number of halogens is 3. The van der Waals surface area contributed by atoms with E-state index < -0.39 is 11.7 Å². The zero-order valence-electron chi connectivity index (χ0n) is 13.9. The van der Waals surface area contributed by atoms with Gasteiger partial charge in [0.1, 0.15) is 0 Å². The molecule has 134 valence electrons. The van der Waals surface area contributed by atoms with E-state index in [1.165, 1.54) is 16.9 Å². The summed E-state index contributed by atoms with van der Waals surface area (Å²) in [5.41, 5.74) is 0.451. The minimum Gasteiger partial charge on any atom is -0.305 e. The van der Waals surface area contributed by atoms with Crippen molar-refractivity contribution in [3.63, 3.8) is 0 Å². The number of nitrogens with one attached hydrogen (secondary N) is 1. The maximum Gasteiger partial charge on any atom is 0.416 e. The molecule has 0 aliphatic heterocycles. The normalized spacial score (nSPS) is 11.4. The Hall–Kier alpha value is -3.09. The quantitative estimate of drug-likeness (QED) is 0.745. The highest BCUT2D eigenvalue weighted by Crippen LogP contribution is 2.33. The number of aromatic nitrogens is 2. The average molecular weight is 359 g/mol. The molecule has 0 saturated heterocycles. The van der Waals surface area contributed by atoms with Crippen molar-refractivity contribution in [1.29, 1.82) is 0 Å². The average Bonchev–Trinajstić information content (AvgIpc) is 3.03. The molecule has 7 heteroatoms. The maximum atomic E-state index is 13.2. The molecule has 1 amide bonds. The lowest BCUT2D eigenvalue weighted by Gasteiger charge is -2.13. The maximum absolute atomic E-state index is 13.2. The molecule has 0 saturated carbocycles. The summed E-state index contributed by atoms with van der Waals surface area (Å²) in [6.07, 6.45) is -2.90. The smallest absolute Gasteiger partial charge is 0.305 e. The topological polar surface area (TPSA) is 46.9 Å². The Morgan fingerprint density at radius 1 is 1.12 bits per heavy atom. The number of aryl methyl sites for hydroxylation is 1. The van der Waals surface area contributed by atoms with Gasteiger partial charge in [0.15, 0.2) is 5.82 Å². The van der Waals surface area contributed by atoms with Crippen LogP contribution in [-0.2, 0) is 12.7 Å². The third kappa shape index (κ3) is 4.11. The summed E-state index contributed by atoms with van der Waals surface area (Å²) in [6, 6.07) is 14.3. The van der Waals surface area contributed by atoms with Gasteiger partial charge >= 0.3 is 6.18 Å². The molecule has 0 fully saturated rings. The van der Waals surface area contributed by atoms with Crippen LogP contribution in [-0.4, -0.2) is 15.7 Å². The van der Waals surface area contributed by atoms with Gasteiger partial charge in [-0.05, 0) is 30.7 Å². The summed E-state index contributed by atoms with van der Waals surface area (Å²) < 4.78 is 41.0. The first-order valence-electron chi connectivity index (χ1n) is 7.89. The number of alkyl halides is 3. The van der Waals surface area contributed by atoms with Crippen molar-refractivity contribution in [2.75, 3.05) is 5.32 Å². The largest absolute Gasteiger partial charge is 0.416 e. The predicted molar refractivity (Wildman–Crippen MR) is 91.9 cm³/mol. The summed E-state index contributed by atoms with van der Waals surface area (Å²) in [7, 11) is 0. The van der Waals surface area contributed by atoms with Crippen LogP contribution in [0, 0.1) is 6.92 Å². The van der Waals surface area contributed by atoms with E-state index in [-0.39, 0.29) is 23.8 Å². The highest BCUT2D eigenvalue weighted by atomic mass is 19.4. The second-order valence-electron chi connectivity index (χ2n) is 5.88. The third-order valence-electron chi connectivity index (χ3n) is 3.82. The van der Waals surface area contributed by atoms with Gasteiger partial charge in [-0.15, -0.1) is 0 Å². The summed E-state index contributed by atoms with van der Waals surface area (Å²) in [5.74, 6) is -0.0540. The van der Waals surface area contributed by atoms with Crippen molar-refractivity contribution in [3.8, 4) is 0 Å². The Morgan fingerprint density at radius 3 is 2.54 bits per heavy atom. The Balaban J connectivity index is 1.76. The van der Waals surface area contributed by atoms with Crippen LogP contribution >= 0.6 is 0 Å². The Bertz CT molecular complexity index is 917. The van der Waals surface area contributed by atoms with Crippen molar-refractivity contribution in [3.05, 3.63) is 83.0 Å². The molecule has 3 rings (SSSR count). The molecule has 0 aliphatic carbocycles. The van der Waals surface area contributed by atoms with Crippen LogP contribution in [0.5, 0.6) is 0 Å². The van der Waals surface area contributed by atoms with Crippen LogP contribution in [0.15, 0.2) is 60.8 Å². The number of hydrogen-bond acceptors (Lipinski definition) is 2. The second kappa shape index (κ2) is 7.03. The van der Waals surface area contributed by atoms with Crippen molar-refractivity contribution in [2.45, 2.75) is 19.6 Å². The van der Waals surface area contributed by atoms with Gasteiger partial charge in [-0.2, -0.15) is 18.3 Å². The van der Waals surface area contributed by atoms with E-state index in [0.29, 0.717) is 11.1 Å². The molecule has 3 aromatic rings. The lowest BCUT2D eigenvalue weighted by Crippen LogP contribution is -2.14. The van der Waals surface area contributed by atoms with Gasteiger partial charge in [0.2, 0.25) is 0 Å². The minimum absolute atomic E-state index is 0.0453. The van der Waals surface area contributed by atoms with Crippen LogP contribution in [0.2, 0.25) is 0 Å². The Kier molecular flexibility index (Phi) is 4.79. The fourth-order valence-corrected chi connectivity index (χ4v) is 2.56. The molecular formula is C19H16F3N3O. The number of amides is 1. The van der Waals surface area contributed by atoms with Gasteiger partial charge in [-0.1, -0.05) is 35.9 Å². The van der Waals surface area contributed by atoms with Gasteiger partial charge in [-0.25, -0.2) is 0 Å². The molecule has 0 radical (unpaired) electrons. The standard InChI is InChI=1S/C19H16F3N3O/c1-13-7-8-15(16(11-13)19(20,21)22)12-25-10-9-17(24-25)23-18(26)14-5-3-2-4-6-14/h2-11H,12H2,1H3,(H,23,24,26). The lowest BCUT2D eigenvalue weighted by atomic mass is 10.0. The molecule has 0 spiro atoms. The van der Waals surface area contributed by atoms with E-state index in [1.54, 1.807) is 49.4 Å². The summed E-state index contributed by atoms with van der Waals surface area (Å²) >= 11 is 0. The number of carbonyl (C=O) groups excluding carboxylic acids is 1. The number of rotatable bonds is 4. The van der Waals surface area contributed by atoms with Gasteiger partial charge in [0.25, 0.3) is 5.91 Å². The van der Waals surface area contributed by atoms with Crippen molar-refractivity contribution < 1.29 is 18.0 Å². The molecule has 1 heterocycles. The summed E-state index contributed by atoms with van der Waals surface area (Å²) in [4.78, 5) is 12.1. The highest BCUT2D eigenvalue weighted by Gasteiger charge is 2.33. The van der Waals surface area contributed by atoms with Crippen LogP contribution in [0.25, 0.3) is 0 Å². The lowest BCUT2D eigenvalue weighted by molar-refractivity contribution is -0.138. The molecule has 0 atom stereocenters. The van der Waals surface area contributed by atoms with E-state index in [1.807, 2.05) is 0 Å². The molecule has 1 aromatic heterocycles. The van der Waals surface area contributed by atoms with Crippen molar-refractivity contribution in [1.82, 2.24) is 9.78 Å². The van der Waals surface area contributed by atoms with Gasteiger partial charge in [0.05, 0.1) is 12.1 Å². The SMILES string of the molecule is Cc1ccc(Cn2ccc(NC(=O)c3ccccc3)n2)c(C(F)(F)F)c1. The van der Waals surface area contributed by atoms with Crippen LogP contribution in [0.1, 0.15) is 27.0 Å². The molecule has 2 aromatic carbocycles. The summed E-state index contributed by atoms with van der Waals surface area (Å²) in [6.45, 7) is 1.57. The second-order valence-corrected chi connectivity index (χ2v) is 5.88. The highest BCUT2D eigenvalue weighted by molar-refractivity contribution is 6.03. The molecule has 0 aliphatic rings. The molecule has 0 unspecified atom stereocenters. The van der Waals surface area contributed by atoms with Crippen LogP contribution in [0.4, 0.5) is 19.0 Å². The number of nitrogens with zero attached hydrogens (tertiary/aromatic N) is 2. The Morgan fingerprint density at radius 2 is 1.85 bits per heavy atom.